The summed E-state index contributed by atoms with van der Waals surface area (Å²) >= 11 is 5.99. The van der Waals surface area contributed by atoms with Crippen molar-refractivity contribution < 1.29 is 35.9 Å². The Bertz CT molecular complexity index is 1590. The molecule has 0 saturated carbocycles. The van der Waals surface area contributed by atoms with Crippen LogP contribution in [0.2, 0.25) is 5.02 Å². The molecule has 4 aromatic rings. The van der Waals surface area contributed by atoms with Crippen LogP contribution in [-0.2, 0) is 12.4 Å². The minimum Gasteiger partial charge on any atom is -0.457 e. The summed E-state index contributed by atoms with van der Waals surface area (Å²) in [6.07, 6.45) is -8.71. The molecule has 0 aliphatic carbocycles. The van der Waals surface area contributed by atoms with Crippen molar-refractivity contribution in [1.29, 1.82) is 0 Å². The van der Waals surface area contributed by atoms with E-state index in [-0.39, 0.29) is 12.2 Å². The number of halogens is 7. The van der Waals surface area contributed by atoms with Crippen molar-refractivity contribution in [3.05, 3.63) is 124 Å². The van der Waals surface area contributed by atoms with Gasteiger partial charge in [0, 0.05) is 17.1 Å². The number of benzene rings is 4. The van der Waals surface area contributed by atoms with Gasteiger partial charge in [0.1, 0.15) is 11.5 Å². The zero-order chi connectivity index (χ0) is 30.1. The lowest BCUT2D eigenvalue weighted by Crippen LogP contribution is -2.31. The van der Waals surface area contributed by atoms with Crippen molar-refractivity contribution >= 4 is 29.0 Å². The number of anilines is 1. The quantitative estimate of drug-likeness (QED) is 0.231. The fourth-order valence-electron chi connectivity index (χ4n) is 4.30. The highest BCUT2D eigenvalue weighted by Crippen LogP contribution is 2.36. The van der Waals surface area contributed by atoms with Gasteiger partial charge in [-0.2, -0.15) is 31.4 Å². The molecule has 0 saturated heterocycles. The maximum Gasteiger partial charge on any atom is 0.416 e. The molecule has 4 aromatic carbocycles. The van der Waals surface area contributed by atoms with Gasteiger partial charge in [0.05, 0.1) is 22.9 Å². The number of carbonyl (C=O) groups is 1. The van der Waals surface area contributed by atoms with E-state index in [4.69, 9.17) is 16.3 Å². The first kappa shape index (κ1) is 29.0. The van der Waals surface area contributed by atoms with Gasteiger partial charge in [-0.05, 0) is 83.9 Å². The third-order valence-electron chi connectivity index (χ3n) is 6.44. The van der Waals surface area contributed by atoms with Crippen molar-refractivity contribution in [3.8, 4) is 11.5 Å². The normalized spacial score (nSPS) is 15.4. The van der Waals surface area contributed by atoms with Gasteiger partial charge in [-0.1, -0.05) is 35.9 Å². The maximum absolute atomic E-state index is 13.3. The molecule has 0 radical (unpaired) electrons. The molecule has 0 spiro atoms. The summed E-state index contributed by atoms with van der Waals surface area (Å²) in [6.45, 7) is 0. The number of hydrazone groups is 1. The molecule has 0 fully saturated rings. The Kier molecular flexibility index (Phi) is 7.87. The fourth-order valence-corrected chi connectivity index (χ4v) is 4.43. The molecule has 12 heteroatoms. The summed E-state index contributed by atoms with van der Waals surface area (Å²) in [6, 6.07) is 20.4. The second-order valence-electron chi connectivity index (χ2n) is 9.32. The summed E-state index contributed by atoms with van der Waals surface area (Å²) in [7, 11) is 0. The molecule has 0 aromatic heterocycles. The minimum atomic E-state index is -4.50. The van der Waals surface area contributed by atoms with Crippen LogP contribution in [0.25, 0.3) is 0 Å². The predicted octanol–water partition coefficient (Wildman–Crippen LogP) is 9.55. The first-order valence-electron chi connectivity index (χ1n) is 12.4. The Morgan fingerprint density at radius 3 is 1.79 bits per heavy atom. The molecule has 2 amide bonds. The monoisotopic (exact) mass is 603 g/mol. The molecule has 5 nitrogen and oxygen atoms in total. The fraction of sp³-hybridized carbons (Fsp3) is 0.133. The van der Waals surface area contributed by atoms with E-state index < -0.39 is 35.6 Å². The average molecular weight is 604 g/mol. The summed E-state index contributed by atoms with van der Waals surface area (Å²) in [4.78, 5) is 13.3. The highest BCUT2D eigenvalue weighted by atomic mass is 35.5. The Hall–Kier alpha value is -4.51. The standard InChI is InChI=1S/C30H20ClF6N3O2/c31-22-9-3-18(4-10-22)26-17-27(19-1-5-20(6-2-19)29(32,33)34)40(39-26)28(41)38-23-11-15-25(16-12-23)42-24-13-7-21(8-14-24)30(35,36)37/h1-16,27H,17H2,(H,38,41). The van der Waals surface area contributed by atoms with E-state index in [0.717, 1.165) is 24.3 Å². The van der Waals surface area contributed by atoms with Crippen LogP contribution in [0, 0.1) is 0 Å². The molecule has 1 atom stereocenters. The summed E-state index contributed by atoms with van der Waals surface area (Å²) in [5.74, 6) is 0.514. The number of nitrogens with zero attached hydrogens (tertiary/aromatic N) is 2. The van der Waals surface area contributed by atoms with Crippen molar-refractivity contribution in [2.75, 3.05) is 5.32 Å². The number of nitrogens with one attached hydrogen (secondary N) is 1. The van der Waals surface area contributed by atoms with Gasteiger partial charge in [-0.3, -0.25) is 0 Å². The lowest BCUT2D eigenvalue weighted by molar-refractivity contribution is -0.138. The molecule has 0 bridgehead atoms. The molecule has 1 N–H and O–H groups in total. The third kappa shape index (κ3) is 6.68. The van der Waals surface area contributed by atoms with Crippen molar-refractivity contribution in [1.82, 2.24) is 5.01 Å². The Morgan fingerprint density at radius 2 is 1.26 bits per heavy atom. The first-order chi connectivity index (χ1) is 19.9. The average Bonchev–Trinajstić information content (AvgIpc) is 3.40. The lowest BCUT2D eigenvalue weighted by atomic mass is 9.97. The van der Waals surface area contributed by atoms with E-state index in [1.807, 2.05) is 0 Å². The van der Waals surface area contributed by atoms with E-state index in [0.29, 0.717) is 33.3 Å². The molecule has 216 valence electrons. The zero-order valence-corrected chi connectivity index (χ0v) is 22.1. The highest BCUT2D eigenvalue weighted by Gasteiger charge is 2.35. The number of ether oxygens (including phenoxy) is 1. The van der Waals surface area contributed by atoms with Crippen LogP contribution in [-0.4, -0.2) is 16.8 Å². The van der Waals surface area contributed by atoms with Crippen LogP contribution in [0.5, 0.6) is 11.5 Å². The summed E-state index contributed by atoms with van der Waals surface area (Å²) in [5.41, 5.74) is 0.472. The van der Waals surface area contributed by atoms with Gasteiger partial charge in [-0.15, -0.1) is 0 Å². The maximum atomic E-state index is 13.3. The second-order valence-corrected chi connectivity index (χ2v) is 9.75. The van der Waals surface area contributed by atoms with Gasteiger partial charge in [0.25, 0.3) is 0 Å². The Balaban J connectivity index is 1.33. The number of carbonyl (C=O) groups excluding carboxylic acids is 1. The largest absolute Gasteiger partial charge is 0.457 e. The molecule has 1 unspecified atom stereocenters. The van der Waals surface area contributed by atoms with Crippen molar-refractivity contribution in [3.63, 3.8) is 0 Å². The number of rotatable bonds is 5. The Morgan fingerprint density at radius 1 is 0.762 bits per heavy atom. The SMILES string of the molecule is O=C(Nc1ccc(Oc2ccc(C(F)(F)F)cc2)cc1)N1N=C(c2ccc(Cl)cc2)CC1c1ccc(C(F)(F)F)cc1. The molecule has 42 heavy (non-hydrogen) atoms. The van der Waals surface area contributed by atoms with Crippen LogP contribution in [0.4, 0.5) is 36.8 Å². The van der Waals surface area contributed by atoms with Crippen LogP contribution in [0.3, 0.4) is 0 Å². The van der Waals surface area contributed by atoms with Gasteiger partial charge in [-0.25, -0.2) is 9.80 Å². The second kappa shape index (κ2) is 11.4. The number of urea groups is 1. The van der Waals surface area contributed by atoms with E-state index >= 15 is 0 Å². The van der Waals surface area contributed by atoms with Crippen molar-refractivity contribution in [2.45, 2.75) is 24.8 Å². The Labute approximate surface area is 241 Å². The summed E-state index contributed by atoms with van der Waals surface area (Å²) < 4.78 is 83.2. The molecule has 1 aliphatic heterocycles. The van der Waals surface area contributed by atoms with Gasteiger partial charge >= 0.3 is 18.4 Å². The minimum absolute atomic E-state index is 0.195. The van der Waals surface area contributed by atoms with Gasteiger partial charge in [0.15, 0.2) is 0 Å². The van der Waals surface area contributed by atoms with E-state index in [2.05, 4.69) is 10.4 Å². The third-order valence-corrected chi connectivity index (χ3v) is 6.69. The summed E-state index contributed by atoms with van der Waals surface area (Å²) in [5, 5.41) is 8.88. The van der Waals surface area contributed by atoms with Crippen LogP contribution < -0.4 is 10.1 Å². The topological polar surface area (TPSA) is 53.9 Å². The molecule has 1 heterocycles. The van der Waals surface area contributed by atoms with Gasteiger partial charge in [0.2, 0.25) is 0 Å². The number of hydrogen-bond acceptors (Lipinski definition) is 3. The molecule has 5 rings (SSSR count). The first-order valence-corrected chi connectivity index (χ1v) is 12.8. The predicted molar refractivity (Wildman–Crippen MR) is 146 cm³/mol. The smallest absolute Gasteiger partial charge is 0.416 e. The van der Waals surface area contributed by atoms with Crippen molar-refractivity contribution in [2.24, 2.45) is 5.10 Å². The van der Waals surface area contributed by atoms with Gasteiger partial charge < -0.3 is 10.1 Å². The number of amides is 2. The van der Waals surface area contributed by atoms with Crippen LogP contribution in [0.15, 0.2) is 102 Å². The molecule has 1 aliphatic rings. The highest BCUT2D eigenvalue weighted by molar-refractivity contribution is 6.30. The van der Waals surface area contributed by atoms with E-state index in [1.54, 1.807) is 24.3 Å². The number of alkyl halides is 6. The lowest BCUT2D eigenvalue weighted by Gasteiger charge is -2.23. The molecular formula is C30H20ClF6N3O2. The van der Waals surface area contributed by atoms with E-state index in [1.165, 1.54) is 53.5 Å². The van der Waals surface area contributed by atoms with Crippen LogP contribution >= 0.6 is 11.6 Å². The zero-order valence-electron chi connectivity index (χ0n) is 21.4. The number of hydrogen-bond donors (Lipinski definition) is 1. The van der Waals surface area contributed by atoms with E-state index in [9.17, 15) is 31.1 Å². The molecular weight excluding hydrogens is 584 g/mol. The van der Waals surface area contributed by atoms with Crippen LogP contribution in [0.1, 0.15) is 34.7 Å².